The summed E-state index contributed by atoms with van der Waals surface area (Å²) in [7, 11) is -3.96. The molecule has 1 aromatic carbocycles. The first-order chi connectivity index (χ1) is 8.24. The van der Waals surface area contributed by atoms with Crippen LogP contribution < -0.4 is 10.5 Å². The van der Waals surface area contributed by atoms with Crippen molar-refractivity contribution < 1.29 is 17.9 Å². The molecule has 1 rings (SSSR count). The molecule has 0 amide bonds. The summed E-state index contributed by atoms with van der Waals surface area (Å²) < 4.78 is 39.3. The van der Waals surface area contributed by atoms with Crippen LogP contribution in [0.2, 0.25) is 0 Å². The number of nitrogens with one attached hydrogen (secondary N) is 1. The number of benzene rings is 1. The fourth-order valence-corrected chi connectivity index (χ4v) is 2.50. The number of hydrogen-bond acceptors (Lipinski definition) is 4. The van der Waals surface area contributed by atoms with Gasteiger partial charge in [-0.1, -0.05) is 6.07 Å². The summed E-state index contributed by atoms with van der Waals surface area (Å²) in [6.07, 6.45) is -0.852. The SMILES string of the molecule is Cc1ccc(F)c(S(=O)(=O)NCC(N)C(C)O)c1. The van der Waals surface area contributed by atoms with Crippen molar-refractivity contribution in [2.75, 3.05) is 6.54 Å². The Hall–Kier alpha value is -1.02. The highest BCUT2D eigenvalue weighted by Gasteiger charge is 2.20. The van der Waals surface area contributed by atoms with E-state index >= 15 is 0 Å². The van der Waals surface area contributed by atoms with Crippen molar-refractivity contribution >= 4 is 10.0 Å². The molecule has 1 aromatic rings. The van der Waals surface area contributed by atoms with Gasteiger partial charge in [0, 0.05) is 12.6 Å². The summed E-state index contributed by atoms with van der Waals surface area (Å²) in [4.78, 5) is -0.416. The number of hydrogen-bond donors (Lipinski definition) is 3. The Bertz CT molecular complexity index is 517. The molecule has 0 aliphatic heterocycles. The van der Waals surface area contributed by atoms with Gasteiger partial charge in [-0.15, -0.1) is 0 Å². The van der Waals surface area contributed by atoms with Gasteiger partial charge < -0.3 is 10.8 Å². The molecule has 0 saturated carbocycles. The second kappa shape index (κ2) is 5.75. The molecule has 0 saturated heterocycles. The normalized spacial score (nSPS) is 15.4. The van der Waals surface area contributed by atoms with Crippen LogP contribution in [0.5, 0.6) is 0 Å². The van der Waals surface area contributed by atoms with Crippen LogP contribution in [-0.4, -0.2) is 32.2 Å². The van der Waals surface area contributed by atoms with Crippen LogP contribution in [0.4, 0.5) is 4.39 Å². The fourth-order valence-electron chi connectivity index (χ4n) is 1.27. The van der Waals surface area contributed by atoms with E-state index in [2.05, 4.69) is 4.72 Å². The van der Waals surface area contributed by atoms with Crippen molar-refractivity contribution in [3.63, 3.8) is 0 Å². The van der Waals surface area contributed by atoms with Crippen molar-refractivity contribution in [3.8, 4) is 0 Å². The van der Waals surface area contributed by atoms with Crippen LogP contribution in [0.3, 0.4) is 0 Å². The van der Waals surface area contributed by atoms with Gasteiger partial charge in [-0.25, -0.2) is 17.5 Å². The lowest BCUT2D eigenvalue weighted by Crippen LogP contribution is -2.43. The van der Waals surface area contributed by atoms with Gasteiger partial charge in [-0.05, 0) is 31.5 Å². The smallest absolute Gasteiger partial charge is 0.243 e. The van der Waals surface area contributed by atoms with E-state index in [1.807, 2.05) is 0 Å². The molecule has 7 heteroatoms. The first-order valence-electron chi connectivity index (χ1n) is 5.43. The van der Waals surface area contributed by atoms with Crippen LogP contribution in [0.1, 0.15) is 12.5 Å². The highest BCUT2D eigenvalue weighted by molar-refractivity contribution is 7.89. The highest BCUT2D eigenvalue weighted by atomic mass is 32.2. The second-order valence-corrected chi connectivity index (χ2v) is 5.93. The maximum atomic E-state index is 13.4. The number of aryl methyl sites for hydroxylation is 1. The van der Waals surface area contributed by atoms with E-state index in [1.165, 1.54) is 19.1 Å². The molecule has 0 bridgehead atoms. The van der Waals surface area contributed by atoms with E-state index in [0.29, 0.717) is 5.56 Å². The molecule has 2 unspecified atom stereocenters. The molecule has 2 atom stereocenters. The van der Waals surface area contributed by atoms with Crippen molar-refractivity contribution in [1.82, 2.24) is 4.72 Å². The summed E-state index contributed by atoms with van der Waals surface area (Å²) in [6, 6.07) is 3.08. The zero-order valence-corrected chi connectivity index (χ0v) is 11.0. The van der Waals surface area contributed by atoms with E-state index in [9.17, 15) is 12.8 Å². The molecule has 0 aromatic heterocycles. The molecule has 5 nitrogen and oxygen atoms in total. The maximum Gasteiger partial charge on any atom is 0.243 e. The molecule has 0 heterocycles. The van der Waals surface area contributed by atoms with Gasteiger partial charge in [0.2, 0.25) is 10.0 Å². The van der Waals surface area contributed by atoms with Crippen LogP contribution in [0.15, 0.2) is 23.1 Å². The third-order valence-corrected chi connectivity index (χ3v) is 3.94. The lowest BCUT2D eigenvalue weighted by atomic mass is 10.2. The molecule has 0 aliphatic carbocycles. The first-order valence-corrected chi connectivity index (χ1v) is 6.92. The standard InChI is InChI=1S/C11H17FN2O3S/c1-7-3-4-9(12)11(5-7)18(16,17)14-6-10(13)8(2)15/h3-5,8,10,14-15H,6,13H2,1-2H3. The minimum atomic E-state index is -3.96. The summed E-state index contributed by atoms with van der Waals surface area (Å²) >= 11 is 0. The maximum absolute atomic E-state index is 13.4. The third-order valence-electron chi connectivity index (χ3n) is 2.50. The van der Waals surface area contributed by atoms with Gasteiger partial charge in [0.1, 0.15) is 10.7 Å². The van der Waals surface area contributed by atoms with Crippen molar-refractivity contribution in [3.05, 3.63) is 29.6 Å². The van der Waals surface area contributed by atoms with Crippen molar-refractivity contribution in [2.24, 2.45) is 5.73 Å². The Morgan fingerprint density at radius 3 is 2.67 bits per heavy atom. The van der Waals surface area contributed by atoms with Crippen LogP contribution in [-0.2, 0) is 10.0 Å². The predicted octanol–water partition coefficient (Wildman–Crippen LogP) is 0.121. The van der Waals surface area contributed by atoms with E-state index in [0.717, 1.165) is 6.07 Å². The van der Waals surface area contributed by atoms with Crippen LogP contribution >= 0.6 is 0 Å². The Morgan fingerprint density at radius 2 is 2.11 bits per heavy atom. The molecule has 0 spiro atoms. The lowest BCUT2D eigenvalue weighted by Gasteiger charge is -2.15. The number of halogens is 1. The monoisotopic (exact) mass is 276 g/mol. The highest BCUT2D eigenvalue weighted by Crippen LogP contribution is 2.15. The Balaban J connectivity index is 2.90. The van der Waals surface area contributed by atoms with Crippen molar-refractivity contribution in [2.45, 2.75) is 30.9 Å². The average Bonchev–Trinajstić information content (AvgIpc) is 2.29. The van der Waals surface area contributed by atoms with Gasteiger partial charge in [-0.2, -0.15) is 0 Å². The third kappa shape index (κ3) is 3.74. The topological polar surface area (TPSA) is 92.4 Å². The van der Waals surface area contributed by atoms with Crippen LogP contribution in [0.25, 0.3) is 0 Å². The van der Waals surface area contributed by atoms with E-state index < -0.39 is 32.9 Å². The summed E-state index contributed by atoms with van der Waals surface area (Å²) in [5, 5.41) is 9.15. The minimum absolute atomic E-state index is 0.159. The summed E-state index contributed by atoms with van der Waals surface area (Å²) in [5.74, 6) is -0.821. The number of rotatable bonds is 5. The number of nitrogens with two attached hydrogens (primary N) is 1. The van der Waals surface area contributed by atoms with Gasteiger partial charge in [0.05, 0.1) is 6.10 Å². The number of aliphatic hydroxyl groups is 1. The Labute approximate surface area is 106 Å². The lowest BCUT2D eigenvalue weighted by molar-refractivity contribution is 0.164. The van der Waals surface area contributed by atoms with Crippen LogP contribution in [0, 0.1) is 12.7 Å². The number of aliphatic hydroxyl groups excluding tert-OH is 1. The molecule has 0 aliphatic rings. The van der Waals surface area contributed by atoms with Gasteiger partial charge in [0.25, 0.3) is 0 Å². The molecule has 0 radical (unpaired) electrons. The van der Waals surface area contributed by atoms with Gasteiger partial charge in [0.15, 0.2) is 0 Å². The summed E-state index contributed by atoms with van der Waals surface area (Å²) in [5.41, 5.74) is 6.13. The zero-order chi connectivity index (χ0) is 13.9. The molecule has 4 N–H and O–H groups in total. The quantitative estimate of drug-likeness (QED) is 0.712. The van der Waals surface area contributed by atoms with E-state index in [-0.39, 0.29) is 6.54 Å². The second-order valence-electron chi connectivity index (χ2n) is 4.19. The molecule has 0 fully saturated rings. The molecule has 102 valence electrons. The van der Waals surface area contributed by atoms with Gasteiger partial charge >= 0.3 is 0 Å². The molecular weight excluding hydrogens is 259 g/mol. The molecular formula is C11H17FN2O3S. The predicted molar refractivity (Wildman–Crippen MR) is 66.0 cm³/mol. The zero-order valence-electron chi connectivity index (χ0n) is 10.2. The van der Waals surface area contributed by atoms with Crippen molar-refractivity contribution in [1.29, 1.82) is 0 Å². The fraction of sp³-hybridized carbons (Fsp3) is 0.455. The van der Waals surface area contributed by atoms with E-state index in [4.69, 9.17) is 10.8 Å². The molecule has 18 heavy (non-hydrogen) atoms. The summed E-state index contributed by atoms with van der Waals surface area (Å²) in [6.45, 7) is 2.96. The van der Waals surface area contributed by atoms with Gasteiger partial charge in [-0.3, -0.25) is 0 Å². The average molecular weight is 276 g/mol. The Kier molecular flexibility index (Phi) is 4.80. The first kappa shape index (κ1) is 15.0. The van der Waals surface area contributed by atoms with E-state index in [1.54, 1.807) is 6.92 Å². The largest absolute Gasteiger partial charge is 0.392 e. The minimum Gasteiger partial charge on any atom is -0.392 e. The number of sulfonamides is 1. The Morgan fingerprint density at radius 1 is 1.50 bits per heavy atom.